The predicted molar refractivity (Wildman–Crippen MR) is 126 cm³/mol. The van der Waals surface area contributed by atoms with Crippen molar-refractivity contribution in [2.45, 2.75) is 38.7 Å². The molecule has 1 aliphatic rings. The number of carboxylic acids is 1. The first kappa shape index (κ1) is 24.9. The normalized spacial score (nSPS) is 17.8. The van der Waals surface area contributed by atoms with Crippen LogP contribution in [0.4, 0.5) is 0 Å². The van der Waals surface area contributed by atoms with Crippen molar-refractivity contribution < 1.29 is 24.2 Å². The molecule has 1 fully saturated rings. The Labute approximate surface area is 202 Å². The summed E-state index contributed by atoms with van der Waals surface area (Å²) in [7, 11) is 0. The Morgan fingerprint density at radius 1 is 0.939 bits per heavy atom. The minimum Gasteiger partial charge on any atom is -0.490 e. The molecule has 176 valence electrons. The highest BCUT2D eigenvalue weighted by Gasteiger charge is 2.27. The molecule has 0 saturated heterocycles. The fourth-order valence-electron chi connectivity index (χ4n) is 3.66. The number of rotatable bonds is 8. The fraction of sp³-hybridized carbons (Fsp3) is 0.375. The molecule has 2 amide bonds. The van der Waals surface area contributed by atoms with Gasteiger partial charge in [0.15, 0.2) is 0 Å². The van der Waals surface area contributed by atoms with E-state index in [-0.39, 0.29) is 41.9 Å². The number of aliphatic carboxylic acids is 1. The second-order valence-electron chi connectivity index (χ2n) is 8.05. The zero-order chi connectivity index (χ0) is 24.0. The van der Waals surface area contributed by atoms with E-state index >= 15 is 0 Å². The quantitative estimate of drug-likeness (QED) is 0.471. The topological polar surface area (TPSA) is 105 Å². The number of carboxylic acid groups (broad SMARTS) is 1. The SMILES string of the molecule is Cc1ccc(C(=O)NCCNC(=O)c2ccc(O[C@H]3CC[C@@H](C(=O)O)CC3)cc2Cl)cc1Cl. The fourth-order valence-corrected chi connectivity index (χ4v) is 4.09. The lowest BCUT2D eigenvalue weighted by Crippen LogP contribution is -2.34. The third-order valence-electron chi connectivity index (χ3n) is 5.64. The number of aryl methyl sites for hydroxylation is 1. The third-order valence-corrected chi connectivity index (χ3v) is 6.36. The number of carbonyl (C=O) groups excluding carboxylic acids is 2. The standard InChI is InChI=1S/C24H26Cl2N2O5/c1-14-2-3-16(12-20(14)25)22(29)27-10-11-28-23(30)19-9-8-18(13-21(19)26)33-17-6-4-15(5-7-17)24(31)32/h2-3,8-9,12-13,15,17H,4-7,10-11H2,1H3,(H,27,29)(H,28,30)(H,31,32)/t15-,17+. The van der Waals surface area contributed by atoms with Crippen molar-refractivity contribution >= 4 is 41.0 Å². The number of hydrogen-bond acceptors (Lipinski definition) is 4. The van der Waals surface area contributed by atoms with E-state index in [4.69, 9.17) is 33.0 Å². The van der Waals surface area contributed by atoms with Gasteiger partial charge in [-0.05, 0) is 68.5 Å². The highest BCUT2D eigenvalue weighted by Crippen LogP contribution is 2.29. The van der Waals surface area contributed by atoms with Gasteiger partial charge in [-0.3, -0.25) is 14.4 Å². The average Bonchev–Trinajstić information content (AvgIpc) is 2.78. The molecule has 9 heteroatoms. The largest absolute Gasteiger partial charge is 0.490 e. The Morgan fingerprint density at radius 3 is 2.21 bits per heavy atom. The molecule has 1 aliphatic carbocycles. The Bertz CT molecular complexity index is 1040. The van der Waals surface area contributed by atoms with E-state index in [2.05, 4.69) is 10.6 Å². The first-order valence-electron chi connectivity index (χ1n) is 10.8. The van der Waals surface area contributed by atoms with E-state index < -0.39 is 5.97 Å². The van der Waals surface area contributed by atoms with Crippen LogP contribution in [0.2, 0.25) is 10.0 Å². The van der Waals surface area contributed by atoms with Crippen LogP contribution in [0.15, 0.2) is 36.4 Å². The summed E-state index contributed by atoms with van der Waals surface area (Å²) in [5, 5.41) is 15.3. The van der Waals surface area contributed by atoms with E-state index in [0.717, 1.165) is 5.56 Å². The number of benzene rings is 2. The molecule has 2 aromatic carbocycles. The molecule has 33 heavy (non-hydrogen) atoms. The molecule has 7 nitrogen and oxygen atoms in total. The summed E-state index contributed by atoms with van der Waals surface area (Å²) >= 11 is 12.3. The molecule has 0 unspecified atom stereocenters. The molecule has 0 radical (unpaired) electrons. The van der Waals surface area contributed by atoms with Crippen molar-refractivity contribution in [1.29, 1.82) is 0 Å². The van der Waals surface area contributed by atoms with Crippen molar-refractivity contribution in [2.24, 2.45) is 5.92 Å². The predicted octanol–water partition coefficient (Wildman–Crippen LogP) is 4.48. The van der Waals surface area contributed by atoms with Crippen LogP contribution in [0.1, 0.15) is 52.0 Å². The summed E-state index contributed by atoms with van der Waals surface area (Å²) in [6.07, 6.45) is 2.43. The second kappa shape index (κ2) is 11.4. The number of hydrogen-bond donors (Lipinski definition) is 3. The van der Waals surface area contributed by atoms with E-state index in [1.807, 2.05) is 6.92 Å². The maximum atomic E-state index is 12.4. The van der Waals surface area contributed by atoms with Gasteiger partial charge in [0, 0.05) is 23.7 Å². The molecule has 0 atom stereocenters. The van der Waals surface area contributed by atoms with Gasteiger partial charge in [0.2, 0.25) is 0 Å². The molecule has 0 aromatic heterocycles. The van der Waals surface area contributed by atoms with E-state index in [1.54, 1.807) is 36.4 Å². The summed E-state index contributed by atoms with van der Waals surface area (Å²) in [5.74, 6) is -1.16. The minimum atomic E-state index is -0.758. The van der Waals surface area contributed by atoms with Crippen molar-refractivity contribution in [2.75, 3.05) is 13.1 Å². The number of ether oxygens (including phenoxy) is 1. The van der Waals surface area contributed by atoms with Gasteiger partial charge >= 0.3 is 5.97 Å². The van der Waals surface area contributed by atoms with Crippen molar-refractivity contribution in [3.8, 4) is 5.75 Å². The monoisotopic (exact) mass is 492 g/mol. The van der Waals surface area contributed by atoms with Crippen LogP contribution in [0.25, 0.3) is 0 Å². The molecule has 3 N–H and O–H groups in total. The minimum absolute atomic E-state index is 0.0663. The lowest BCUT2D eigenvalue weighted by molar-refractivity contribution is -0.143. The summed E-state index contributed by atoms with van der Waals surface area (Å²) in [4.78, 5) is 35.7. The molecule has 0 heterocycles. The zero-order valence-electron chi connectivity index (χ0n) is 18.2. The van der Waals surface area contributed by atoms with Gasteiger partial charge < -0.3 is 20.5 Å². The lowest BCUT2D eigenvalue weighted by Gasteiger charge is -2.26. The van der Waals surface area contributed by atoms with Crippen molar-refractivity contribution in [1.82, 2.24) is 10.6 Å². The lowest BCUT2D eigenvalue weighted by atomic mass is 9.87. The number of amides is 2. The molecular weight excluding hydrogens is 467 g/mol. The van der Waals surface area contributed by atoms with Crippen LogP contribution < -0.4 is 15.4 Å². The Hall–Kier alpha value is -2.77. The molecule has 0 aliphatic heterocycles. The Balaban J connectivity index is 1.45. The zero-order valence-corrected chi connectivity index (χ0v) is 19.7. The average molecular weight is 493 g/mol. The molecule has 3 rings (SSSR count). The van der Waals surface area contributed by atoms with Gasteiger partial charge in [0.1, 0.15) is 5.75 Å². The van der Waals surface area contributed by atoms with Gasteiger partial charge in [-0.2, -0.15) is 0 Å². The molecule has 0 bridgehead atoms. The van der Waals surface area contributed by atoms with Gasteiger partial charge in [0.25, 0.3) is 11.8 Å². The Morgan fingerprint density at radius 2 is 1.61 bits per heavy atom. The smallest absolute Gasteiger partial charge is 0.306 e. The van der Waals surface area contributed by atoms with Gasteiger partial charge in [-0.1, -0.05) is 29.3 Å². The number of halogens is 2. The van der Waals surface area contributed by atoms with Gasteiger partial charge in [0.05, 0.1) is 22.6 Å². The summed E-state index contributed by atoms with van der Waals surface area (Å²) in [5.41, 5.74) is 1.64. The van der Waals surface area contributed by atoms with Crippen molar-refractivity contribution in [3.63, 3.8) is 0 Å². The van der Waals surface area contributed by atoms with Gasteiger partial charge in [-0.25, -0.2) is 0 Å². The molecule has 1 saturated carbocycles. The third kappa shape index (κ3) is 6.85. The number of carbonyl (C=O) groups is 3. The number of nitrogens with one attached hydrogen (secondary N) is 2. The summed E-state index contributed by atoms with van der Waals surface area (Å²) < 4.78 is 5.92. The first-order valence-corrected chi connectivity index (χ1v) is 11.5. The molecular formula is C24H26Cl2N2O5. The summed E-state index contributed by atoms with van der Waals surface area (Å²) in [6, 6.07) is 9.91. The maximum absolute atomic E-state index is 12.4. The van der Waals surface area contributed by atoms with E-state index in [0.29, 0.717) is 47.6 Å². The highest BCUT2D eigenvalue weighted by atomic mass is 35.5. The summed E-state index contributed by atoms with van der Waals surface area (Å²) in [6.45, 7) is 2.33. The maximum Gasteiger partial charge on any atom is 0.306 e. The van der Waals surface area contributed by atoms with Crippen LogP contribution >= 0.6 is 23.2 Å². The highest BCUT2D eigenvalue weighted by molar-refractivity contribution is 6.34. The van der Waals surface area contributed by atoms with E-state index in [1.165, 1.54) is 0 Å². The van der Waals surface area contributed by atoms with Crippen LogP contribution in [0, 0.1) is 12.8 Å². The molecule has 2 aromatic rings. The van der Waals surface area contributed by atoms with Crippen LogP contribution in [0.3, 0.4) is 0 Å². The first-order chi connectivity index (χ1) is 15.7. The Kier molecular flexibility index (Phi) is 8.58. The van der Waals surface area contributed by atoms with Crippen molar-refractivity contribution in [3.05, 3.63) is 63.1 Å². The van der Waals surface area contributed by atoms with Crippen LogP contribution in [0.5, 0.6) is 5.75 Å². The van der Waals surface area contributed by atoms with Gasteiger partial charge in [-0.15, -0.1) is 0 Å². The molecule has 0 spiro atoms. The van der Waals surface area contributed by atoms with Crippen LogP contribution in [-0.4, -0.2) is 42.1 Å². The van der Waals surface area contributed by atoms with Crippen LogP contribution in [-0.2, 0) is 4.79 Å². The second-order valence-corrected chi connectivity index (χ2v) is 8.86. The van der Waals surface area contributed by atoms with E-state index in [9.17, 15) is 14.4 Å².